The number of nitrogens with one attached hydrogen (secondary N) is 1. The van der Waals surface area contributed by atoms with Crippen LogP contribution >= 0.6 is 0 Å². The molecule has 1 atom stereocenters. The molecule has 0 aliphatic carbocycles. The summed E-state index contributed by atoms with van der Waals surface area (Å²) in [5, 5.41) is 0. The summed E-state index contributed by atoms with van der Waals surface area (Å²) < 4.78 is 29.8. The molecule has 1 heterocycles. The zero-order chi connectivity index (χ0) is 17.2. The van der Waals surface area contributed by atoms with Crippen LogP contribution in [-0.2, 0) is 10.0 Å². The molecule has 0 saturated carbocycles. The molecular formula is C19H20N2O2S. The largest absolute Gasteiger partial charge is 0.324 e. The lowest BCUT2D eigenvalue weighted by atomic mass is 10.1. The fraction of sp³-hybridized carbons (Fsp3) is 0.158. The van der Waals surface area contributed by atoms with Crippen molar-refractivity contribution in [3.63, 3.8) is 0 Å². The average molecular weight is 340 g/mol. The first kappa shape index (κ1) is 16.5. The lowest BCUT2D eigenvalue weighted by Crippen LogP contribution is -2.27. The third kappa shape index (κ3) is 3.58. The molecule has 3 aromatic rings. The highest BCUT2D eigenvalue weighted by atomic mass is 32.2. The van der Waals surface area contributed by atoms with E-state index >= 15 is 0 Å². The fourth-order valence-electron chi connectivity index (χ4n) is 2.55. The standard InChI is InChI=1S/C19H20N2O2S/c1-15-8-10-19(11-9-15)24(22,23)20-16(2)17-6-5-7-18(14-17)21-12-3-4-13-21/h3-14,16,20H,1-2H3. The molecule has 0 aliphatic heterocycles. The number of hydrogen-bond donors (Lipinski definition) is 1. The van der Waals surface area contributed by atoms with E-state index in [-0.39, 0.29) is 10.9 Å². The Hall–Kier alpha value is -2.37. The van der Waals surface area contributed by atoms with Crippen LogP contribution in [0.3, 0.4) is 0 Å². The summed E-state index contributed by atoms with van der Waals surface area (Å²) in [6.45, 7) is 3.78. The minimum Gasteiger partial charge on any atom is -0.324 e. The van der Waals surface area contributed by atoms with Crippen molar-refractivity contribution in [2.45, 2.75) is 24.8 Å². The number of rotatable bonds is 5. The van der Waals surface area contributed by atoms with Crippen molar-refractivity contribution in [3.8, 4) is 5.69 Å². The molecule has 0 radical (unpaired) electrons. The molecule has 0 saturated heterocycles. The number of sulfonamides is 1. The molecule has 24 heavy (non-hydrogen) atoms. The van der Waals surface area contributed by atoms with E-state index < -0.39 is 10.0 Å². The van der Waals surface area contributed by atoms with Crippen LogP contribution in [0.5, 0.6) is 0 Å². The van der Waals surface area contributed by atoms with Gasteiger partial charge in [0, 0.05) is 24.1 Å². The summed E-state index contributed by atoms with van der Waals surface area (Å²) >= 11 is 0. The maximum Gasteiger partial charge on any atom is 0.241 e. The normalized spacial score (nSPS) is 12.9. The molecule has 3 rings (SSSR count). The topological polar surface area (TPSA) is 51.1 Å². The van der Waals surface area contributed by atoms with Crippen molar-refractivity contribution in [2.75, 3.05) is 0 Å². The quantitative estimate of drug-likeness (QED) is 0.767. The SMILES string of the molecule is Cc1ccc(S(=O)(=O)NC(C)c2cccc(-n3cccc3)c2)cc1. The van der Waals surface area contributed by atoms with Gasteiger partial charge in [-0.1, -0.05) is 29.8 Å². The third-order valence-corrected chi connectivity index (χ3v) is 5.49. The Morgan fingerprint density at radius 2 is 1.62 bits per heavy atom. The molecule has 2 aromatic carbocycles. The first-order chi connectivity index (χ1) is 11.5. The highest BCUT2D eigenvalue weighted by Crippen LogP contribution is 2.20. The zero-order valence-electron chi connectivity index (χ0n) is 13.7. The third-order valence-electron chi connectivity index (χ3n) is 3.94. The molecule has 4 nitrogen and oxygen atoms in total. The second kappa shape index (κ2) is 6.63. The molecule has 0 bridgehead atoms. The maximum atomic E-state index is 12.5. The summed E-state index contributed by atoms with van der Waals surface area (Å²) in [5.41, 5.74) is 2.94. The predicted octanol–water partition coefficient (Wildman–Crippen LogP) is 3.83. The van der Waals surface area contributed by atoms with Crippen molar-refractivity contribution in [1.82, 2.24) is 9.29 Å². The smallest absolute Gasteiger partial charge is 0.241 e. The predicted molar refractivity (Wildman–Crippen MR) is 95.7 cm³/mol. The van der Waals surface area contributed by atoms with E-state index in [0.29, 0.717) is 0 Å². The average Bonchev–Trinajstić information content (AvgIpc) is 3.09. The van der Waals surface area contributed by atoms with Gasteiger partial charge in [0.05, 0.1) is 4.90 Å². The number of nitrogens with zero attached hydrogens (tertiary/aromatic N) is 1. The van der Waals surface area contributed by atoms with E-state index in [9.17, 15) is 8.42 Å². The van der Waals surface area contributed by atoms with Gasteiger partial charge in [-0.05, 0) is 55.8 Å². The first-order valence-electron chi connectivity index (χ1n) is 7.78. The van der Waals surface area contributed by atoms with Gasteiger partial charge >= 0.3 is 0 Å². The Kier molecular flexibility index (Phi) is 4.55. The van der Waals surface area contributed by atoms with Crippen molar-refractivity contribution >= 4 is 10.0 Å². The van der Waals surface area contributed by atoms with Gasteiger partial charge in [-0.25, -0.2) is 13.1 Å². The maximum absolute atomic E-state index is 12.5. The van der Waals surface area contributed by atoms with Crippen molar-refractivity contribution in [1.29, 1.82) is 0 Å². The molecule has 124 valence electrons. The first-order valence-corrected chi connectivity index (χ1v) is 9.26. The van der Waals surface area contributed by atoms with Gasteiger partial charge in [0.1, 0.15) is 0 Å². The Bertz CT molecular complexity index is 914. The Balaban J connectivity index is 1.83. The summed E-state index contributed by atoms with van der Waals surface area (Å²) in [6, 6.07) is 18.3. The van der Waals surface area contributed by atoms with Crippen LogP contribution < -0.4 is 4.72 Å². The van der Waals surface area contributed by atoms with E-state index in [1.54, 1.807) is 24.3 Å². The number of hydrogen-bond acceptors (Lipinski definition) is 2. The second-order valence-electron chi connectivity index (χ2n) is 5.84. The summed E-state index contributed by atoms with van der Waals surface area (Å²) in [5.74, 6) is 0. The van der Waals surface area contributed by atoms with Gasteiger partial charge in [-0.3, -0.25) is 0 Å². The van der Waals surface area contributed by atoms with Crippen LogP contribution in [0.15, 0.2) is 78.0 Å². The van der Waals surface area contributed by atoms with Crippen LogP contribution in [0.4, 0.5) is 0 Å². The number of aromatic nitrogens is 1. The van der Waals surface area contributed by atoms with E-state index in [1.165, 1.54) is 0 Å². The van der Waals surface area contributed by atoms with Crippen molar-refractivity contribution in [3.05, 3.63) is 84.2 Å². The van der Waals surface area contributed by atoms with Gasteiger partial charge in [-0.15, -0.1) is 0 Å². The monoisotopic (exact) mass is 340 g/mol. The van der Waals surface area contributed by atoms with E-state index in [1.807, 2.05) is 67.2 Å². The fourth-order valence-corrected chi connectivity index (χ4v) is 3.78. The zero-order valence-corrected chi connectivity index (χ0v) is 14.5. The summed E-state index contributed by atoms with van der Waals surface area (Å²) in [6.07, 6.45) is 3.92. The second-order valence-corrected chi connectivity index (χ2v) is 7.56. The van der Waals surface area contributed by atoms with Gasteiger partial charge in [0.2, 0.25) is 10.0 Å². The number of aryl methyl sites for hydroxylation is 1. The molecule has 0 fully saturated rings. The Morgan fingerprint density at radius 1 is 0.958 bits per heavy atom. The molecule has 0 aliphatic rings. The highest BCUT2D eigenvalue weighted by molar-refractivity contribution is 7.89. The van der Waals surface area contributed by atoms with Crippen molar-refractivity contribution < 1.29 is 8.42 Å². The molecule has 5 heteroatoms. The van der Waals surface area contributed by atoms with Crippen LogP contribution in [0.1, 0.15) is 24.1 Å². The molecule has 0 amide bonds. The molecular weight excluding hydrogens is 320 g/mol. The van der Waals surface area contributed by atoms with Crippen LogP contribution in [0, 0.1) is 6.92 Å². The lowest BCUT2D eigenvalue weighted by Gasteiger charge is -2.16. The highest BCUT2D eigenvalue weighted by Gasteiger charge is 2.18. The van der Waals surface area contributed by atoms with Gasteiger partial charge in [0.25, 0.3) is 0 Å². The summed E-state index contributed by atoms with van der Waals surface area (Å²) in [4.78, 5) is 0.279. The molecule has 1 unspecified atom stereocenters. The van der Waals surface area contributed by atoms with E-state index in [0.717, 1.165) is 16.8 Å². The van der Waals surface area contributed by atoms with Gasteiger partial charge in [0.15, 0.2) is 0 Å². The number of benzene rings is 2. The van der Waals surface area contributed by atoms with E-state index in [4.69, 9.17) is 0 Å². The van der Waals surface area contributed by atoms with E-state index in [2.05, 4.69) is 4.72 Å². The summed E-state index contributed by atoms with van der Waals surface area (Å²) in [7, 11) is -3.55. The Morgan fingerprint density at radius 3 is 2.29 bits per heavy atom. The molecule has 1 N–H and O–H groups in total. The van der Waals surface area contributed by atoms with Crippen LogP contribution in [0.2, 0.25) is 0 Å². The van der Waals surface area contributed by atoms with Crippen LogP contribution in [0.25, 0.3) is 5.69 Å². The minimum atomic E-state index is -3.55. The lowest BCUT2D eigenvalue weighted by molar-refractivity contribution is 0.567. The van der Waals surface area contributed by atoms with Crippen molar-refractivity contribution in [2.24, 2.45) is 0 Å². The van der Waals surface area contributed by atoms with Gasteiger partial charge in [-0.2, -0.15) is 0 Å². The molecule has 0 spiro atoms. The van der Waals surface area contributed by atoms with Gasteiger partial charge < -0.3 is 4.57 Å². The minimum absolute atomic E-state index is 0.279. The molecule has 1 aromatic heterocycles. The Labute approximate surface area is 142 Å². The van der Waals surface area contributed by atoms with Crippen LogP contribution in [-0.4, -0.2) is 13.0 Å².